The molecule has 16 heavy (non-hydrogen) atoms. The average molecular weight is 257 g/mol. The number of carbonyl (C=O) groups excluding carboxylic acids is 1. The second kappa shape index (κ2) is 5.68. The third-order valence-electron chi connectivity index (χ3n) is 2.59. The Morgan fingerprint density at radius 1 is 1.69 bits per heavy atom. The molecule has 0 spiro atoms. The van der Waals surface area contributed by atoms with Crippen LogP contribution in [0.2, 0.25) is 0 Å². The molecule has 0 N–H and O–H groups in total. The number of methoxy groups -OCH3 is 1. The molecular formula is C11H15NO2S2. The van der Waals surface area contributed by atoms with E-state index in [4.69, 9.17) is 0 Å². The van der Waals surface area contributed by atoms with E-state index in [9.17, 15) is 4.79 Å². The van der Waals surface area contributed by atoms with Gasteiger partial charge in [0.05, 0.1) is 24.5 Å². The Morgan fingerprint density at radius 2 is 2.56 bits per heavy atom. The van der Waals surface area contributed by atoms with E-state index in [-0.39, 0.29) is 5.97 Å². The van der Waals surface area contributed by atoms with Crippen molar-refractivity contribution in [1.82, 2.24) is 4.98 Å². The highest BCUT2D eigenvalue weighted by atomic mass is 32.2. The Bertz CT molecular complexity index is 359. The third kappa shape index (κ3) is 2.98. The van der Waals surface area contributed by atoms with Gasteiger partial charge in [0.1, 0.15) is 5.01 Å². The molecule has 1 aliphatic heterocycles. The van der Waals surface area contributed by atoms with E-state index in [0.29, 0.717) is 18.1 Å². The van der Waals surface area contributed by atoms with Crippen LogP contribution in [0.5, 0.6) is 0 Å². The lowest BCUT2D eigenvalue weighted by atomic mass is 10.2. The molecule has 1 unspecified atom stereocenters. The number of nitrogens with zero attached hydrogens (tertiary/aromatic N) is 1. The summed E-state index contributed by atoms with van der Waals surface area (Å²) in [6.45, 7) is 0. The van der Waals surface area contributed by atoms with E-state index >= 15 is 0 Å². The van der Waals surface area contributed by atoms with Crippen LogP contribution in [0.25, 0.3) is 0 Å². The van der Waals surface area contributed by atoms with Crippen molar-refractivity contribution in [3.8, 4) is 0 Å². The van der Waals surface area contributed by atoms with Crippen molar-refractivity contribution in [2.45, 2.75) is 30.9 Å². The Balaban J connectivity index is 1.89. The lowest BCUT2D eigenvalue weighted by Crippen LogP contribution is -2.02. The van der Waals surface area contributed by atoms with Gasteiger partial charge in [-0.15, -0.1) is 11.3 Å². The highest BCUT2D eigenvalue weighted by Gasteiger charge is 2.20. The summed E-state index contributed by atoms with van der Waals surface area (Å²) in [5.74, 6) is 1.09. The molecule has 0 saturated carbocycles. The molecule has 5 heteroatoms. The molecule has 2 heterocycles. The Morgan fingerprint density at radius 3 is 3.25 bits per heavy atom. The quantitative estimate of drug-likeness (QED) is 0.778. The first kappa shape index (κ1) is 11.9. The number of aryl methyl sites for hydroxylation is 1. The number of thioether (sulfide) groups is 1. The van der Waals surface area contributed by atoms with E-state index < -0.39 is 0 Å². The number of esters is 1. The zero-order chi connectivity index (χ0) is 11.4. The SMILES string of the molecule is COC(=O)CCc1csc(C2CCCS2)n1. The first-order valence-electron chi connectivity index (χ1n) is 5.42. The van der Waals surface area contributed by atoms with Crippen molar-refractivity contribution in [1.29, 1.82) is 0 Å². The molecule has 0 aliphatic carbocycles. The fourth-order valence-electron chi connectivity index (χ4n) is 1.69. The number of ether oxygens (including phenoxy) is 1. The van der Waals surface area contributed by atoms with E-state index in [2.05, 4.69) is 15.1 Å². The van der Waals surface area contributed by atoms with E-state index in [1.165, 1.54) is 30.7 Å². The maximum Gasteiger partial charge on any atom is 0.305 e. The molecule has 88 valence electrons. The fourth-order valence-corrected chi connectivity index (χ4v) is 4.07. The minimum Gasteiger partial charge on any atom is -0.469 e. The average Bonchev–Trinajstić information content (AvgIpc) is 2.95. The first-order valence-corrected chi connectivity index (χ1v) is 7.35. The summed E-state index contributed by atoms with van der Waals surface area (Å²) in [6, 6.07) is 0. The molecule has 0 aromatic carbocycles. The van der Waals surface area contributed by atoms with Crippen LogP contribution < -0.4 is 0 Å². The van der Waals surface area contributed by atoms with Crippen molar-refractivity contribution >= 4 is 29.1 Å². The van der Waals surface area contributed by atoms with Crippen LogP contribution in [0.1, 0.15) is 35.2 Å². The second-order valence-electron chi connectivity index (χ2n) is 3.75. The molecular weight excluding hydrogens is 242 g/mol. The normalized spacial score (nSPS) is 19.9. The van der Waals surface area contributed by atoms with Crippen LogP contribution in [0.3, 0.4) is 0 Å². The van der Waals surface area contributed by atoms with Crippen LogP contribution in [0.4, 0.5) is 0 Å². The van der Waals surface area contributed by atoms with Crippen LogP contribution in [-0.4, -0.2) is 23.8 Å². The molecule has 0 bridgehead atoms. The van der Waals surface area contributed by atoms with Crippen molar-refractivity contribution in [2.24, 2.45) is 0 Å². The van der Waals surface area contributed by atoms with E-state index in [0.717, 1.165) is 5.69 Å². The molecule has 2 rings (SSSR count). The predicted molar refractivity (Wildman–Crippen MR) is 66.9 cm³/mol. The van der Waals surface area contributed by atoms with Crippen molar-refractivity contribution in [3.05, 3.63) is 16.1 Å². The molecule has 1 fully saturated rings. The number of hydrogen-bond donors (Lipinski definition) is 0. The molecule has 0 amide bonds. The summed E-state index contributed by atoms with van der Waals surface area (Å²) in [7, 11) is 1.42. The van der Waals surface area contributed by atoms with Gasteiger partial charge in [-0.3, -0.25) is 4.79 Å². The number of thiazole rings is 1. The predicted octanol–water partition coefficient (Wildman–Crippen LogP) is 2.82. The standard InChI is InChI=1S/C11H15NO2S2/c1-14-10(13)5-4-8-7-16-11(12-8)9-3-2-6-15-9/h7,9H,2-6H2,1H3. The summed E-state index contributed by atoms with van der Waals surface area (Å²) < 4.78 is 4.61. The topological polar surface area (TPSA) is 39.2 Å². The van der Waals surface area contributed by atoms with Gasteiger partial charge in [0.15, 0.2) is 0 Å². The monoisotopic (exact) mass is 257 g/mol. The maximum atomic E-state index is 11.0. The lowest BCUT2D eigenvalue weighted by Gasteiger charge is -2.02. The number of aromatic nitrogens is 1. The van der Waals surface area contributed by atoms with Gasteiger partial charge in [-0.25, -0.2) is 4.98 Å². The largest absolute Gasteiger partial charge is 0.469 e. The third-order valence-corrected chi connectivity index (χ3v) is 5.13. The van der Waals surface area contributed by atoms with Crippen LogP contribution in [0.15, 0.2) is 5.38 Å². The van der Waals surface area contributed by atoms with E-state index in [1.54, 1.807) is 11.3 Å². The number of rotatable bonds is 4. The molecule has 1 aromatic rings. The second-order valence-corrected chi connectivity index (χ2v) is 5.96. The molecule has 1 aromatic heterocycles. The molecule has 1 atom stereocenters. The number of hydrogen-bond acceptors (Lipinski definition) is 5. The Kier molecular flexibility index (Phi) is 4.23. The van der Waals surface area contributed by atoms with Crippen LogP contribution >= 0.6 is 23.1 Å². The summed E-state index contributed by atoms with van der Waals surface area (Å²) >= 11 is 3.72. The minimum absolute atomic E-state index is 0.162. The first-order chi connectivity index (χ1) is 7.79. The highest BCUT2D eigenvalue weighted by Crippen LogP contribution is 2.40. The fraction of sp³-hybridized carbons (Fsp3) is 0.636. The highest BCUT2D eigenvalue weighted by molar-refractivity contribution is 7.99. The lowest BCUT2D eigenvalue weighted by molar-refractivity contribution is -0.140. The van der Waals surface area contributed by atoms with Gasteiger partial charge in [0.2, 0.25) is 0 Å². The van der Waals surface area contributed by atoms with Crippen molar-refractivity contribution in [2.75, 3.05) is 12.9 Å². The maximum absolute atomic E-state index is 11.0. The van der Waals surface area contributed by atoms with E-state index in [1.807, 2.05) is 11.8 Å². The number of carbonyl (C=O) groups is 1. The van der Waals surface area contributed by atoms with Gasteiger partial charge in [0, 0.05) is 11.8 Å². The Labute approximate surface area is 104 Å². The van der Waals surface area contributed by atoms with Gasteiger partial charge in [-0.1, -0.05) is 0 Å². The van der Waals surface area contributed by atoms with Gasteiger partial charge < -0.3 is 4.74 Å². The van der Waals surface area contributed by atoms with Gasteiger partial charge in [-0.05, 0) is 18.6 Å². The van der Waals surface area contributed by atoms with Gasteiger partial charge >= 0.3 is 5.97 Å². The van der Waals surface area contributed by atoms with Crippen LogP contribution in [-0.2, 0) is 16.0 Å². The van der Waals surface area contributed by atoms with Gasteiger partial charge in [0.25, 0.3) is 0 Å². The van der Waals surface area contributed by atoms with Crippen molar-refractivity contribution in [3.63, 3.8) is 0 Å². The minimum atomic E-state index is -0.162. The summed E-state index contributed by atoms with van der Waals surface area (Å²) in [5.41, 5.74) is 1.03. The molecule has 1 saturated heterocycles. The van der Waals surface area contributed by atoms with Crippen LogP contribution in [0, 0.1) is 0 Å². The smallest absolute Gasteiger partial charge is 0.305 e. The summed E-state index contributed by atoms with van der Waals surface area (Å²) in [5, 5.41) is 3.89. The molecule has 0 radical (unpaired) electrons. The summed E-state index contributed by atoms with van der Waals surface area (Å²) in [6.07, 6.45) is 3.67. The zero-order valence-electron chi connectivity index (χ0n) is 9.27. The summed E-state index contributed by atoms with van der Waals surface area (Å²) in [4.78, 5) is 15.6. The molecule has 3 nitrogen and oxygen atoms in total. The van der Waals surface area contributed by atoms with Crippen molar-refractivity contribution < 1.29 is 9.53 Å². The zero-order valence-corrected chi connectivity index (χ0v) is 10.9. The van der Waals surface area contributed by atoms with Gasteiger partial charge in [-0.2, -0.15) is 11.8 Å². The Hall–Kier alpha value is -0.550. The molecule has 1 aliphatic rings.